The zero-order valence-corrected chi connectivity index (χ0v) is 15.7. The number of esters is 1. The molecular weight excluding hydrogens is 402 g/mol. The smallest absolute Gasteiger partial charge is 0.353 e. The van der Waals surface area contributed by atoms with Crippen molar-refractivity contribution in [3.05, 3.63) is 74.9 Å². The van der Waals surface area contributed by atoms with Crippen molar-refractivity contribution < 1.29 is 14.3 Å². The molecule has 0 aliphatic heterocycles. The van der Waals surface area contributed by atoms with Gasteiger partial charge in [0.05, 0.1) is 12.8 Å². The van der Waals surface area contributed by atoms with Crippen LogP contribution in [0.3, 0.4) is 0 Å². The zero-order valence-electron chi connectivity index (χ0n) is 13.3. The van der Waals surface area contributed by atoms with Crippen LogP contribution in [-0.2, 0) is 0 Å². The third kappa shape index (κ3) is 4.55. The van der Waals surface area contributed by atoms with E-state index < -0.39 is 5.97 Å². The zero-order chi connectivity index (χ0) is 17.6. The lowest BCUT2D eigenvalue weighted by Gasteiger charge is -2.09. The van der Waals surface area contributed by atoms with E-state index in [-0.39, 0.29) is 0 Å². The first-order valence-electron chi connectivity index (χ1n) is 7.39. The van der Waals surface area contributed by atoms with Gasteiger partial charge in [-0.1, -0.05) is 22.0 Å². The van der Waals surface area contributed by atoms with Crippen LogP contribution in [0.4, 0.5) is 5.69 Å². The fraction of sp³-hybridized carbons (Fsp3) is 0.0526. The van der Waals surface area contributed by atoms with Gasteiger partial charge < -0.3 is 9.47 Å². The van der Waals surface area contributed by atoms with E-state index in [0.29, 0.717) is 16.4 Å². The highest BCUT2D eigenvalue weighted by Gasteiger charge is 2.13. The van der Waals surface area contributed by atoms with Gasteiger partial charge in [-0.15, -0.1) is 11.3 Å². The van der Waals surface area contributed by atoms with Gasteiger partial charge in [0.25, 0.3) is 0 Å². The van der Waals surface area contributed by atoms with Gasteiger partial charge in [-0.25, -0.2) is 4.79 Å². The highest BCUT2D eigenvalue weighted by Crippen LogP contribution is 2.29. The molecular formula is C19H14BrNO3S. The summed E-state index contributed by atoms with van der Waals surface area (Å²) in [5.41, 5.74) is 1.69. The summed E-state index contributed by atoms with van der Waals surface area (Å²) in [6, 6.07) is 16.5. The molecule has 0 saturated heterocycles. The molecule has 3 aromatic rings. The molecule has 126 valence electrons. The van der Waals surface area contributed by atoms with Crippen LogP contribution in [0.1, 0.15) is 15.2 Å². The van der Waals surface area contributed by atoms with E-state index in [2.05, 4.69) is 20.9 Å². The number of thiophene rings is 1. The fourth-order valence-electron chi connectivity index (χ4n) is 2.07. The maximum Gasteiger partial charge on any atom is 0.353 e. The van der Waals surface area contributed by atoms with Gasteiger partial charge >= 0.3 is 5.97 Å². The minimum absolute atomic E-state index is 0.377. The largest absolute Gasteiger partial charge is 0.493 e. The molecule has 0 fully saturated rings. The third-order valence-electron chi connectivity index (χ3n) is 3.30. The maximum atomic E-state index is 12.1. The summed E-state index contributed by atoms with van der Waals surface area (Å²) in [7, 11) is 1.54. The first-order valence-corrected chi connectivity index (χ1v) is 9.06. The molecule has 4 nitrogen and oxygen atoms in total. The summed E-state index contributed by atoms with van der Waals surface area (Å²) in [6.45, 7) is 0. The van der Waals surface area contributed by atoms with Crippen molar-refractivity contribution in [3.63, 3.8) is 0 Å². The van der Waals surface area contributed by atoms with Crippen molar-refractivity contribution in [2.75, 3.05) is 7.11 Å². The van der Waals surface area contributed by atoms with E-state index in [0.717, 1.165) is 15.7 Å². The highest BCUT2D eigenvalue weighted by atomic mass is 79.9. The van der Waals surface area contributed by atoms with Gasteiger partial charge in [0, 0.05) is 10.7 Å². The fourth-order valence-corrected chi connectivity index (χ4v) is 2.93. The molecule has 3 rings (SSSR count). The Morgan fingerprint density at radius 2 is 1.92 bits per heavy atom. The molecule has 1 aromatic heterocycles. The Bertz CT molecular complexity index is 890. The van der Waals surface area contributed by atoms with Crippen LogP contribution >= 0.6 is 27.3 Å². The van der Waals surface area contributed by atoms with Gasteiger partial charge in [-0.2, -0.15) is 0 Å². The second kappa shape index (κ2) is 8.09. The highest BCUT2D eigenvalue weighted by molar-refractivity contribution is 9.10. The number of aliphatic imine (C=N–C) groups is 1. The summed E-state index contributed by atoms with van der Waals surface area (Å²) in [5, 5.41) is 1.83. The first kappa shape index (κ1) is 17.4. The summed E-state index contributed by atoms with van der Waals surface area (Å²) in [4.78, 5) is 17.0. The number of benzene rings is 2. The average Bonchev–Trinajstić information content (AvgIpc) is 3.17. The normalized spacial score (nSPS) is 10.8. The Morgan fingerprint density at radius 1 is 1.12 bits per heavy atom. The molecule has 0 spiro atoms. The van der Waals surface area contributed by atoms with Crippen LogP contribution in [-0.4, -0.2) is 19.3 Å². The molecule has 0 saturated carbocycles. The van der Waals surface area contributed by atoms with Gasteiger partial charge in [0.1, 0.15) is 4.88 Å². The lowest BCUT2D eigenvalue weighted by atomic mass is 10.2. The Kier molecular flexibility index (Phi) is 5.63. The molecule has 0 aliphatic rings. The standard InChI is InChI=1S/C19H14BrNO3S/c1-23-17-11-13(12-21-15-7-5-14(20)6-8-15)4-9-16(17)24-19(22)18-3-2-10-25-18/h2-12H,1H3. The van der Waals surface area contributed by atoms with Crippen molar-refractivity contribution in [3.8, 4) is 11.5 Å². The quantitative estimate of drug-likeness (QED) is 0.314. The van der Waals surface area contributed by atoms with E-state index in [1.54, 1.807) is 30.5 Å². The van der Waals surface area contributed by atoms with Crippen LogP contribution in [0.2, 0.25) is 0 Å². The third-order valence-corrected chi connectivity index (χ3v) is 4.68. The van der Waals surface area contributed by atoms with Crippen LogP contribution < -0.4 is 9.47 Å². The Hall–Kier alpha value is -2.44. The maximum absolute atomic E-state index is 12.1. The minimum Gasteiger partial charge on any atom is -0.493 e. The number of rotatable bonds is 5. The number of methoxy groups -OCH3 is 1. The molecule has 0 atom stereocenters. The molecule has 0 radical (unpaired) electrons. The van der Waals surface area contributed by atoms with Gasteiger partial charge in [0.2, 0.25) is 0 Å². The van der Waals surface area contributed by atoms with Crippen LogP contribution in [0.25, 0.3) is 0 Å². The summed E-state index contributed by atoms with van der Waals surface area (Å²) < 4.78 is 11.7. The van der Waals surface area contributed by atoms with Gasteiger partial charge in [0.15, 0.2) is 11.5 Å². The Morgan fingerprint density at radius 3 is 2.60 bits per heavy atom. The second-order valence-electron chi connectivity index (χ2n) is 5.01. The molecule has 1 heterocycles. The van der Waals surface area contributed by atoms with E-state index in [1.165, 1.54) is 18.4 Å². The monoisotopic (exact) mass is 415 g/mol. The van der Waals surface area contributed by atoms with E-state index >= 15 is 0 Å². The molecule has 2 aromatic carbocycles. The van der Waals surface area contributed by atoms with Crippen molar-refractivity contribution in [2.24, 2.45) is 4.99 Å². The Labute approximate surface area is 157 Å². The SMILES string of the molecule is COc1cc(C=Nc2ccc(Br)cc2)ccc1OC(=O)c1cccs1. The molecule has 0 amide bonds. The average molecular weight is 416 g/mol. The van der Waals surface area contributed by atoms with Gasteiger partial charge in [-0.3, -0.25) is 4.99 Å². The van der Waals surface area contributed by atoms with Crippen molar-refractivity contribution in [1.29, 1.82) is 0 Å². The first-order chi connectivity index (χ1) is 12.2. The Balaban J connectivity index is 1.77. The predicted octanol–water partition coefficient (Wildman–Crippen LogP) is 5.49. The summed E-state index contributed by atoms with van der Waals surface area (Å²) in [6.07, 6.45) is 1.73. The lowest BCUT2D eigenvalue weighted by molar-refractivity contribution is 0.0735. The van der Waals surface area contributed by atoms with Gasteiger partial charge in [-0.05, 0) is 59.5 Å². The van der Waals surface area contributed by atoms with Crippen molar-refractivity contribution in [2.45, 2.75) is 0 Å². The summed E-state index contributed by atoms with van der Waals surface area (Å²) >= 11 is 4.73. The number of nitrogens with zero attached hydrogens (tertiary/aromatic N) is 1. The van der Waals surface area contributed by atoms with E-state index in [1.807, 2.05) is 35.7 Å². The number of ether oxygens (including phenoxy) is 2. The van der Waals surface area contributed by atoms with Crippen LogP contribution in [0, 0.1) is 0 Å². The van der Waals surface area contributed by atoms with Crippen molar-refractivity contribution >= 4 is 45.1 Å². The number of halogens is 1. The lowest BCUT2D eigenvalue weighted by Crippen LogP contribution is -2.07. The number of carbonyl (C=O) groups excluding carboxylic acids is 1. The van der Waals surface area contributed by atoms with E-state index in [9.17, 15) is 4.79 Å². The van der Waals surface area contributed by atoms with Crippen LogP contribution in [0.15, 0.2) is 69.4 Å². The van der Waals surface area contributed by atoms with Crippen molar-refractivity contribution in [1.82, 2.24) is 0 Å². The number of hydrogen-bond acceptors (Lipinski definition) is 5. The molecule has 6 heteroatoms. The number of carbonyl (C=O) groups is 1. The minimum atomic E-state index is -0.399. The van der Waals surface area contributed by atoms with E-state index in [4.69, 9.17) is 9.47 Å². The summed E-state index contributed by atoms with van der Waals surface area (Å²) in [5.74, 6) is 0.455. The molecule has 0 N–H and O–H groups in total. The predicted molar refractivity (Wildman–Crippen MR) is 104 cm³/mol. The molecule has 0 bridgehead atoms. The molecule has 25 heavy (non-hydrogen) atoms. The number of hydrogen-bond donors (Lipinski definition) is 0. The van der Waals surface area contributed by atoms with Crippen LogP contribution in [0.5, 0.6) is 11.5 Å². The molecule has 0 unspecified atom stereocenters. The molecule has 0 aliphatic carbocycles. The topological polar surface area (TPSA) is 47.9 Å². The second-order valence-corrected chi connectivity index (χ2v) is 6.88.